The van der Waals surface area contributed by atoms with E-state index in [-0.39, 0.29) is 11.9 Å². The van der Waals surface area contributed by atoms with Gasteiger partial charge in [0.05, 0.1) is 0 Å². The fraction of sp³-hybridized carbons (Fsp3) is 0.583. The molecular weight excluding hydrogens is 252 g/mol. The molecule has 0 bridgehead atoms. The van der Waals surface area contributed by atoms with Crippen LogP contribution in [0.5, 0.6) is 0 Å². The first kappa shape index (κ1) is 11.7. The summed E-state index contributed by atoms with van der Waals surface area (Å²) in [4.78, 5) is 11.6. The molecule has 1 atom stereocenters. The van der Waals surface area contributed by atoms with Gasteiger partial charge >= 0.3 is 0 Å². The van der Waals surface area contributed by atoms with E-state index in [0.29, 0.717) is 5.15 Å². The van der Waals surface area contributed by atoms with Crippen molar-refractivity contribution < 1.29 is 4.79 Å². The number of nitrogens with zero attached hydrogens (tertiary/aromatic N) is 2. The predicted octanol–water partition coefficient (Wildman–Crippen LogP) is 1.31. The Morgan fingerprint density at radius 2 is 2.00 bits per heavy atom. The van der Waals surface area contributed by atoms with Crippen LogP contribution in [-0.4, -0.2) is 28.7 Å². The zero-order chi connectivity index (χ0) is 12.5. The molecule has 0 spiro atoms. The SMILES string of the molecule is O=C1NCC[C@@H]1Nc1nnc(Cl)c2c1CCCC2. The van der Waals surface area contributed by atoms with E-state index in [0.717, 1.165) is 55.6 Å². The van der Waals surface area contributed by atoms with Crippen molar-refractivity contribution in [3.05, 3.63) is 16.3 Å². The summed E-state index contributed by atoms with van der Waals surface area (Å²) >= 11 is 6.08. The molecule has 3 rings (SSSR count). The second kappa shape index (κ2) is 4.72. The molecule has 0 unspecified atom stereocenters. The third-order valence-electron chi connectivity index (χ3n) is 3.60. The zero-order valence-corrected chi connectivity index (χ0v) is 10.8. The highest BCUT2D eigenvalue weighted by molar-refractivity contribution is 6.30. The number of rotatable bonds is 2. The highest BCUT2D eigenvalue weighted by Gasteiger charge is 2.26. The van der Waals surface area contributed by atoms with Gasteiger partial charge in [0.2, 0.25) is 5.91 Å². The lowest BCUT2D eigenvalue weighted by molar-refractivity contribution is -0.119. The lowest BCUT2D eigenvalue weighted by Crippen LogP contribution is -2.30. The molecule has 1 amide bonds. The molecule has 0 aromatic carbocycles. The Morgan fingerprint density at radius 1 is 1.22 bits per heavy atom. The highest BCUT2D eigenvalue weighted by atomic mass is 35.5. The van der Waals surface area contributed by atoms with Gasteiger partial charge in [0.1, 0.15) is 6.04 Å². The van der Waals surface area contributed by atoms with Crippen LogP contribution in [0, 0.1) is 0 Å². The monoisotopic (exact) mass is 266 g/mol. The number of carbonyl (C=O) groups excluding carboxylic acids is 1. The number of nitrogens with one attached hydrogen (secondary N) is 2. The van der Waals surface area contributed by atoms with E-state index in [1.165, 1.54) is 0 Å². The first-order valence-corrected chi connectivity index (χ1v) is 6.71. The molecule has 5 nitrogen and oxygen atoms in total. The summed E-state index contributed by atoms with van der Waals surface area (Å²) in [5, 5.41) is 14.6. The van der Waals surface area contributed by atoms with Crippen LogP contribution in [0.3, 0.4) is 0 Å². The van der Waals surface area contributed by atoms with Gasteiger partial charge in [-0.15, -0.1) is 10.2 Å². The number of hydrogen-bond acceptors (Lipinski definition) is 4. The average molecular weight is 267 g/mol. The van der Waals surface area contributed by atoms with Crippen molar-refractivity contribution in [2.45, 2.75) is 38.1 Å². The Kier molecular flexibility index (Phi) is 3.07. The summed E-state index contributed by atoms with van der Waals surface area (Å²) in [6.07, 6.45) is 4.98. The lowest BCUT2D eigenvalue weighted by atomic mass is 9.93. The van der Waals surface area contributed by atoms with E-state index in [1.807, 2.05) is 0 Å². The maximum Gasteiger partial charge on any atom is 0.242 e. The molecule has 1 fully saturated rings. The number of aromatic nitrogens is 2. The molecule has 96 valence electrons. The van der Waals surface area contributed by atoms with Gasteiger partial charge in [0.25, 0.3) is 0 Å². The maximum atomic E-state index is 11.6. The molecule has 2 aliphatic rings. The standard InChI is InChI=1S/C12H15ClN4O/c13-10-7-3-1-2-4-8(7)11(17-16-10)15-9-5-6-14-12(9)18/h9H,1-6H2,(H,14,18)(H,15,17)/t9-/m0/s1. The van der Waals surface area contributed by atoms with Crippen LogP contribution in [0.25, 0.3) is 0 Å². The second-order valence-corrected chi connectivity index (χ2v) is 5.14. The summed E-state index contributed by atoms with van der Waals surface area (Å²) in [6, 6.07) is -0.188. The van der Waals surface area contributed by atoms with E-state index >= 15 is 0 Å². The molecule has 2 N–H and O–H groups in total. The van der Waals surface area contributed by atoms with Crippen molar-refractivity contribution in [2.24, 2.45) is 0 Å². The van der Waals surface area contributed by atoms with Gasteiger partial charge in [-0.1, -0.05) is 11.6 Å². The molecular formula is C12H15ClN4O. The van der Waals surface area contributed by atoms with Crippen LogP contribution in [0.4, 0.5) is 5.82 Å². The lowest BCUT2D eigenvalue weighted by Gasteiger charge is -2.20. The fourth-order valence-electron chi connectivity index (χ4n) is 2.62. The molecule has 1 aliphatic carbocycles. The number of hydrogen-bond donors (Lipinski definition) is 2. The topological polar surface area (TPSA) is 66.9 Å². The normalized spacial score (nSPS) is 22.5. The highest BCUT2D eigenvalue weighted by Crippen LogP contribution is 2.30. The Hall–Kier alpha value is -1.36. The molecule has 1 aromatic heterocycles. The van der Waals surface area contributed by atoms with Crippen LogP contribution in [0.2, 0.25) is 5.15 Å². The first-order chi connectivity index (χ1) is 8.75. The van der Waals surface area contributed by atoms with Crippen LogP contribution in [0.15, 0.2) is 0 Å². The van der Waals surface area contributed by atoms with Crippen molar-refractivity contribution in [1.82, 2.24) is 15.5 Å². The minimum Gasteiger partial charge on any atom is -0.357 e. The number of anilines is 1. The molecule has 2 heterocycles. The molecule has 18 heavy (non-hydrogen) atoms. The van der Waals surface area contributed by atoms with Gasteiger partial charge < -0.3 is 10.6 Å². The Bertz CT molecular complexity index is 491. The minimum absolute atomic E-state index is 0.0382. The molecule has 0 saturated carbocycles. The van der Waals surface area contributed by atoms with Gasteiger partial charge in [-0.05, 0) is 37.7 Å². The van der Waals surface area contributed by atoms with Gasteiger partial charge in [0, 0.05) is 12.1 Å². The molecule has 1 aliphatic heterocycles. The summed E-state index contributed by atoms with van der Waals surface area (Å²) in [6.45, 7) is 0.722. The van der Waals surface area contributed by atoms with E-state index in [2.05, 4.69) is 20.8 Å². The van der Waals surface area contributed by atoms with Gasteiger partial charge in [-0.25, -0.2) is 0 Å². The number of amides is 1. The summed E-state index contributed by atoms with van der Waals surface area (Å²) in [7, 11) is 0. The molecule has 6 heteroatoms. The Morgan fingerprint density at radius 3 is 2.72 bits per heavy atom. The quantitative estimate of drug-likeness (QED) is 0.847. The average Bonchev–Trinajstić information content (AvgIpc) is 2.79. The third-order valence-corrected chi connectivity index (χ3v) is 3.90. The smallest absolute Gasteiger partial charge is 0.242 e. The summed E-state index contributed by atoms with van der Waals surface area (Å²) < 4.78 is 0. The molecule has 1 aromatic rings. The van der Waals surface area contributed by atoms with Gasteiger partial charge in [-0.2, -0.15) is 0 Å². The van der Waals surface area contributed by atoms with E-state index in [9.17, 15) is 4.79 Å². The maximum absolute atomic E-state index is 11.6. The van der Waals surface area contributed by atoms with Crippen LogP contribution < -0.4 is 10.6 Å². The van der Waals surface area contributed by atoms with Crippen molar-refractivity contribution >= 4 is 23.3 Å². The van der Waals surface area contributed by atoms with Crippen molar-refractivity contribution in [2.75, 3.05) is 11.9 Å². The van der Waals surface area contributed by atoms with Gasteiger partial charge in [0.15, 0.2) is 11.0 Å². The van der Waals surface area contributed by atoms with E-state index in [4.69, 9.17) is 11.6 Å². The van der Waals surface area contributed by atoms with E-state index in [1.54, 1.807) is 0 Å². The van der Waals surface area contributed by atoms with Gasteiger partial charge in [-0.3, -0.25) is 4.79 Å². The van der Waals surface area contributed by atoms with E-state index < -0.39 is 0 Å². The first-order valence-electron chi connectivity index (χ1n) is 6.34. The van der Waals surface area contributed by atoms with Crippen molar-refractivity contribution in [1.29, 1.82) is 0 Å². The van der Waals surface area contributed by atoms with Crippen LogP contribution in [-0.2, 0) is 17.6 Å². The zero-order valence-electron chi connectivity index (χ0n) is 10.0. The fourth-order valence-corrected chi connectivity index (χ4v) is 2.87. The minimum atomic E-state index is -0.188. The third kappa shape index (κ3) is 2.03. The number of carbonyl (C=O) groups is 1. The molecule has 1 saturated heterocycles. The van der Waals surface area contributed by atoms with Crippen molar-refractivity contribution in [3.63, 3.8) is 0 Å². The van der Waals surface area contributed by atoms with Crippen LogP contribution >= 0.6 is 11.6 Å². The number of halogens is 1. The molecule has 0 radical (unpaired) electrons. The largest absolute Gasteiger partial charge is 0.357 e. The Labute approximate surface area is 110 Å². The van der Waals surface area contributed by atoms with Crippen LogP contribution in [0.1, 0.15) is 30.4 Å². The number of fused-ring (bicyclic) bond motifs is 1. The summed E-state index contributed by atoms with van der Waals surface area (Å²) in [5.41, 5.74) is 2.24. The van der Waals surface area contributed by atoms with Crippen molar-refractivity contribution in [3.8, 4) is 0 Å². The summed E-state index contributed by atoms with van der Waals surface area (Å²) in [5.74, 6) is 0.771. The Balaban J connectivity index is 1.90. The second-order valence-electron chi connectivity index (χ2n) is 4.78. The predicted molar refractivity (Wildman–Crippen MR) is 68.7 cm³/mol.